The number of rotatable bonds is 54. The molecule has 746 valence electrons. The summed E-state index contributed by atoms with van der Waals surface area (Å²) in [4.78, 5) is 0. The molecular formula is C99H144F15O13PS3. The van der Waals surface area contributed by atoms with Crippen molar-refractivity contribution in [2.24, 2.45) is 69.5 Å². The number of ether oxygens (including phenoxy) is 3. The molecule has 6 unspecified atom stereocenters. The first kappa shape index (κ1) is 107. The Morgan fingerprint density at radius 2 is 0.580 bits per heavy atom. The average Bonchev–Trinajstić information content (AvgIpc) is 1.72. The van der Waals surface area contributed by atoms with E-state index in [-0.39, 0.29) is 86.8 Å². The summed E-state index contributed by atoms with van der Waals surface area (Å²) in [5.41, 5.74) is 6.80. The van der Waals surface area contributed by atoms with Crippen LogP contribution in [0.2, 0.25) is 0 Å². The molecule has 0 bridgehead atoms. The molecule has 0 amide bonds. The third-order valence-electron chi connectivity index (χ3n) is 33.0. The molecule has 0 aromatic heterocycles. The van der Waals surface area contributed by atoms with Crippen molar-refractivity contribution in [2.75, 3.05) is 54.9 Å². The summed E-state index contributed by atoms with van der Waals surface area (Å²) in [7, 11) is -4.61. The predicted molar refractivity (Wildman–Crippen MR) is 480 cm³/mol. The molecule has 131 heavy (non-hydrogen) atoms. The molecule has 21 atom stereocenters. The van der Waals surface area contributed by atoms with E-state index in [0.29, 0.717) is 89.8 Å². The molecular weight excluding hydrogens is 1810 g/mol. The quantitative estimate of drug-likeness (QED) is 0.0159. The second kappa shape index (κ2) is 47.0. The summed E-state index contributed by atoms with van der Waals surface area (Å²) in [6.07, 6.45) is 11.3. The number of hydrogen-bond donors (Lipinski definition) is 3. The molecule has 0 saturated heterocycles. The lowest BCUT2D eigenvalue weighted by molar-refractivity contribution is -0.284. The number of aliphatic hydroxyl groups excluding tert-OH is 3. The van der Waals surface area contributed by atoms with Gasteiger partial charge >= 0.3 is 44.1 Å². The summed E-state index contributed by atoms with van der Waals surface area (Å²) in [6, 6.07) is 18.4. The molecule has 3 N–H and O–H groups in total. The van der Waals surface area contributed by atoms with Crippen LogP contribution < -0.4 is 14.2 Å². The molecule has 3 aromatic rings. The van der Waals surface area contributed by atoms with Crippen LogP contribution in [0.1, 0.15) is 342 Å². The van der Waals surface area contributed by atoms with Crippen molar-refractivity contribution in [1.82, 2.24) is 0 Å². The summed E-state index contributed by atoms with van der Waals surface area (Å²) >= 11 is -4.40. The van der Waals surface area contributed by atoms with Crippen molar-refractivity contribution in [3.63, 3.8) is 0 Å². The number of benzene rings is 3. The monoisotopic (exact) mass is 1950 g/mol. The Kier molecular flexibility index (Phi) is 38.3. The molecule has 0 heterocycles. The Hall–Kier alpha value is -3.07. The van der Waals surface area contributed by atoms with Crippen molar-refractivity contribution in [2.45, 2.75) is 382 Å². The molecule has 0 radical (unpaired) electrons. The Bertz CT molecular complexity index is 3680. The van der Waals surface area contributed by atoms with Gasteiger partial charge in [-0.1, -0.05) is 169 Å². The third-order valence-corrected chi connectivity index (χ3v) is 38.7. The van der Waals surface area contributed by atoms with Gasteiger partial charge in [0.15, 0.2) is 20.4 Å². The number of phosphoric acid groups is 1. The zero-order valence-electron chi connectivity index (χ0n) is 76.8. The van der Waals surface area contributed by atoms with Gasteiger partial charge in [-0.2, -0.15) is 65.9 Å². The van der Waals surface area contributed by atoms with Crippen molar-refractivity contribution < 1.29 is 127 Å². The van der Waals surface area contributed by atoms with Gasteiger partial charge < -0.3 is 43.2 Å². The molecule has 9 aliphatic carbocycles. The minimum Gasteiger partial charge on any atom is -0.616 e. The standard InChI is InChI=1S/C99H144F15O13PS3/c1-91-49-43-79-76-34-31-73(61-70(76)58-67(88(79)82(91)37-40-85(91)115)28-19-13-7-4-10-16-22-52-129(119)55-25-46-94(100,101)97(106,107)108)122-64-125-128(118,126-65-123-74-32-35-77-71(62-74)59-68(89-80(77)44-50-92(2)83(89)38-41-86(92)116)29-20-14-8-5-11-17-23-53-130(120)56-26-47-95(102,103)98(109,110)111)127-66-124-75-33-36-78-72(63-75)60-69(90-81(78)45-51-93(3)84(90)39-42-87(93)117)30-21-15-9-6-12-18-24-54-131(121)57-27-48-96(104,105)99(112,113)114/h31-36,61-63,67-69,79-90,115-117H,4-30,37-60,64-66H2,1-3H3/t67-,68-,69-,79?,80?,81?,82+,83+,84+,85+,86+,87+,88-,89-,90-,91+,92+,93+,128?,129?,130?,131?/m1/s1. The number of aliphatic hydroxyl groups is 3. The highest BCUT2D eigenvalue weighted by atomic mass is 32.2. The number of hydrogen-bond acceptors (Lipinski definition) is 13. The summed E-state index contributed by atoms with van der Waals surface area (Å²) in [5.74, 6) is -8.63. The Morgan fingerprint density at radius 3 is 0.832 bits per heavy atom. The van der Waals surface area contributed by atoms with Gasteiger partial charge in [-0.15, -0.1) is 0 Å². The van der Waals surface area contributed by atoms with Crippen LogP contribution in [-0.4, -0.2) is 138 Å². The molecule has 32 heteroatoms. The Labute approximate surface area is 775 Å². The first-order chi connectivity index (χ1) is 62.0. The van der Waals surface area contributed by atoms with Gasteiger partial charge in [0.25, 0.3) is 0 Å². The van der Waals surface area contributed by atoms with E-state index in [1.165, 1.54) is 33.4 Å². The van der Waals surface area contributed by atoms with Gasteiger partial charge in [0.2, 0.25) is 0 Å². The van der Waals surface area contributed by atoms with E-state index >= 15 is 4.57 Å². The second-order valence-electron chi connectivity index (χ2n) is 41.1. The third kappa shape index (κ3) is 27.2. The zero-order valence-corrected chi connectivity index (χ0v) is 80.1. The maximum absolute atomic E-state index is 15.3. The molecule has 6 saturated carbocycles. The first-order valence-electron chi connectivity index (χ1n) is 49.3. The fraction of sp³-hybridized carbons (Fsp3) is 0.818. The Balaban J connectivity index is 0.684. The zero-order chi connectivity index (χ0) is 94.4. The highest BCUT2D eigenvalue weighted by molar-refractivity contribution is 7.91. The molecule has 12 rings (SSSR count). The fourth-order valence-electron chi connectivity index (χ4n) is 25.7. The Morgan fingerprint density at radius 1 is 0.344 bits per heavy atom. The number of fused-ring (bicyclic) bond motifs is 15. The van der Waals surface area contributed by atoms with Crippen LogP contribution in [0.3, 0.4) is 0 Å². The maximum Gasteiger partial charge on any atom is 0.483 e. The predicted octanol–water partition coefficient (Wildman–Crippen LogP) is 27.1. The average molecular weight is 1950 g/mol. The summed E-state index contributed by atoms with van der Waals surface area (Å²) in [5, 5.41) is 34.4. The van der Waals surface area contributed by atoms with Crippen LogP contribution in [0.25, 0.3) is 0 Å². The van der Waals surface area contributed by atoms with Crippen molar-refractivity contribution in [3.05, 3.63) is 88.0 Å². The minimum atomic E-state index is -5.62. The van der Waals surface area contributed by atoms with Gasteiger partial charge in [-0.05, 0) is 330 Å². The van der Waals surface area contributed by atoms with E-state index in [1.54, 1.807) is 0 Å². The van der Waals surface area contributed by atoms with Crippen LogP contribution in [0.4, 0.5) is 65.9 Å². The molecule has 6 fully saturated rings. The lowest BCUT2D eigenvalue weighted by Crippen LogP contribution is -2.47. The van der Waals surface area contributed by atoms with Gasteiger partial charge in [0.1, 0.15) is 51.8 Å². The summed E-state index contributed by atoms with van der Waals surface area (Å²) in [6.45, 7) is 5.20. The topological polar surface area (TPSA) is 202 Å². The second-order valence-corrected chi connectivity index (χ2v) is 47.9. The largest absolute Gasteiger partial charge is 0.616 e. The number of unbranched alkanes of at least 4 members (excludes halogenated alkanes) is 18. The summed E-state index contributed by atoms with van der Waals surface area (Å²) < 4.78 is 284. The lowest BCUT2D eigenvalue weighted by Gasteiger charge is -2.53. The van der Waals surface area contributed by atoms with Gasteiger partial charge in [0, 0.05) is 19.3 Å². The molecule has 0 aliphatic heterocycles. The maximum atomic E-state index is 15.3. The van der Waals surface area contributed by atoms with Gasteiger partial charge in [-0.25, -0.2) is 18.1 Å². The SMILES string of the molecule is C[C@]12CCC3c4ccc(OCOP(=O)(OCOc5ccc6c(c5)C[C@@H](CCCCCCCCC[S+]([O-])CCCC(F)(F)C(F)(F)F)[C@@H]5C6CC[C@]6(C)[C@@H](O)CC[C@@H]56)OCOc5ccc6c(c5)C[C@@H](CCCCCCCCC[S+]([O-])CCCC(F)(F)C(F)(F)F)[C@@H]5C6CC[C@]6(C)[C@@H](O)CC[C@@H]56)cc4C[C@@H](CCCCCCCCC[S+]([O-])CCCC(F)(F)C(F)(F)F)[C@H]3[C@@H]1CC[C@@H]2O. The van der Waals surface area contributed by atoms with Crippen LogP contribution in [0.5, 0.6) is 17.2 Å². The van der Waals surface area contributed by atoms with E-state index in [1.807, 2.05) is 18.2 Å². The molecule has 3 aromatic carbocycles. The minimum absolute atomic E-state index is 0.173. The molecule has 9 aliphatic rings. The molecule has 13 nitrogen and oxygen atoms in total. The van der Waals surface area contributed by atoms with E-state index in [0.717, 1.165) is 231 Å². The van der Waals surface area contributed by atoms with Crippen molar-refractivity contribution in [1.29, 1.82) is 0 Å². The fourth-order valence-corrected chi connectivity index (χ4v) is 30.0. The highest BCUT2D eigenvalue weighted by Gasteiger charge is 2.63. The van der Waals surface area contributed by atoms with Crippen LogP contribution in [0, 0.1) is 69.5 Å². The van der Waals surface area contributed by atoms with E-state index in [4.69, 9.17) is 27.8 Å². The molecule has 0 spiro atoms. The van der Waals surface area contributed by atoms with Gasteiger partial charge in [0.05, 0.1) is 18.3 Å². The van der Waals surface area contributed by atoms with E-state index in [9.17, 15) is 94.8 Å². The van der Waals surface area contributed by atoms with Crippen molar-refractivity contribution in [3.8, 4) is 17.2 Å². The van der Waals surface area contributed by atoms with Crippen LogP contribution >= 0.6 is 7.82 Å². The number of halogens is 15. The van der Waals surface area contributed by atoms with E-state index in [2.05, 4.69) is 57.2 Å². The van der Waals surface area contributed by atoms with Crippen molar-refractivity contribution >= 4 is 41.4 Å². The number of phosphoric ester groups is 1. The van der Waals surface area contributed by atoms with Gasteiger partial charge in [-0.3, -0.25) is 0 Å². The lowest BCUT2D eigenvalue weighted by atomic mass is 9.52. The van der Waals surface area contributed by atoms with Crippen LogP contribution in [0.15, 0.2) is 54.6 Å². The first-order valence-corrected chi connectivity index (χ1v) is 55.2. The normalized spacial score (nSPS) is 30.1. The number of alkyl halides is 15. The van der Waals surface area contributed by atoms with E-state index < -0.39 is 137 Å². The van der Waals surface area contributed by atoms with Crippen LogP contribution in [-0.2, 0) is 70.9 Å². The smallest absolute Gasteiger partial charge is 0.483 e. The highest BCUT2D eigenvalue weighted by Crippen LogP contribution is 2.67.